The van der Waals surface area contributed by atoms with Gasteiger partial charge in [-0.15, -0.1) is 0 Å². The molecule has 1 aliphatic heterocycles. The maximum absolute atomic E-state index is 5.77. The first kappa shape index (κ1) is 12.0. The third kappa shape index (κ3) is 2.68. The maximum atomic E-state index is 5.77. The van der Waals surface area contributed by atoms with Gasteiger partial charge < -0.3 is 14.8 Å². The Bertz CT molecular complexity index is 380. The summed E-state index contributed by atoms with van der Waals surface area (Å²) < 4.78 is 11.3. The molecular weight excluding hydrogens is 226 g/mol. The van der Waals surface area contributed by atoms with Crippen molar-refractivity contribution in [3.63, 3.8) is 0 Å². The zero-order valence-electron chi connectivity index (χ0n) is 10.9. The highest BCUT2D eigenvalue weighted by atomic mass is 16.5. The molecule has 1 saturated carbocycles. The summed E-state index contributed by atoms with van der Waals surface area (Å²) in [5, 5.41) is 3.41. The molecule has 2 aliphatic rings. The van der Waals surface area contributed by atoms with Crippen molar-refractivity contribution in [2.24, 2.45) is 5.92 Å². The highest BCUT2D eigenvalue weighted by Gasteiger charge is 2.26. The summed E-state index contributed by atoms with van der Waals surface area (Å²) >= 11 is 0. The van der Waals surface area contributed by atoms with E-state index in [-0.39, 0.29) is 0 Å². The van der Waals surface area contributed by atoms with Crippen LogP contribution in [0.3, 0.4) is 0 Å². The number of hydrogen-bond donors (Lipinski definition) is 1. The summed E-state index contributed by atoms with van der Waals surface area (Å²) in [6.45, 7) is 1.76. The molecule has 0 amide bonds. The van der Waals surface area contributed by atoms with Crippen molar-refractivity contribution in [2.75, 3.05) is 20.3 Å². The topological polar surface area (TPSA) is 30.5 Å². The Morgan fingerprint density at radius 1 is 1.22 bits per heavy atom. The van der Waals surface area contributed by atoms with Crippen LogP contribution < -0.4 is 10.1 Å². The van der Waals surface area contributed by atoms with Gasteiger partial charge in [0.1, 0.15) is 5.75 Å². The van der Waals surface area contributed by atoms with Gasteiger partial charge in [-0.1, -0.05) is 12.1 Å². The first-order valence-electron chi connectivity index (χ1n) is 6.88. The second-order valence-corrected chi connectivity index (χ2v) is 5.28. The lowest BCUT2D eigenvalue weighted by Crippen LogP contribution is -2.25. The van der Waals surface area contributed by atoms with E-state index < -0.39 is 0 Å². The van der Waals surface area contributed by atoms with E-state index in [9.17, 15) is 0 Å². The first-order chi connectivity index (χ1) is 8.86. The van der Waals surface area contributed by atoms with E-state index >= 15 is 0 Å². The van der Waals surface area contributed by atoms with Gasteiger partial charge in [-0.25, -0.2) is 0 Å². The fraction of sp³-hybridized carbons (Fsp3) is 0.600. The van der Waals surface area contributed by atoms with Crippen molar-refractivity contribution in [1.29, 1.82) is 0 Å². The van der Waals surface area contributed by atoms with E-state index in [0.29, 0.717) is 18.1 Å². The van der Waals surface area contributed by atoms with Crippen molar-refractivity contribution in [3.05, 3.63) is 29.8 Å². The van der Waals surface area contributed by atoms with Crippen molar-refractivity contribution < 1.29 is 9.47 Å². The zero-order valence-corrected chi connectivity index (χ0v) is 10.9. The van der Waals surface area contributed by atoms with Crippen molar-refractivity contribution in [2.45, 2.75) is 31.4 Å². The van der Waals surface area contributed by atoms with E-state index in [4.69, 9.17) is 9.47 Å². The van der Waals surface area contributed by atoms with Gasteiger partial charge in [-0.05, 0) is 44.0 Å². The quantitative estimate of drug-likeness (QED) is 0.867. The molecule has 0 bridgehead atoms. The Balaban J connectivity index is 1.68. The minimum Gasteiger partial charge on any atom is -0.490 e. The van der Waals surface area contributed by atoms with Crippen LogP contribution in [-0.2, 0) is 4.74 Å². The third-order valence-corrected chi connectivity index (χ3v) is 3.81. The van der Waals surface area contributed by atoms with Crippen molar-refractivity contribution >= 4 is 0 Å². The molecule has 0 spiro atoms. The van der Waals surface area contributed by atoms with Crippen LogP contribution in [0.1, 0.15) is 30.9 Å². The molecule has 0 aromatic heterocycles. The fourth-order valence-corrected chi connectivity index (χ4v) is 2.62. The minimum absolute atomic E-state index is 0.391. The monoisotopic (exact) mass is 247 g/mol. The van der Waals surface area contributed by atoms with Crippen LogP contribution in [0.5, 0.6) is 5.75 Å². The van der Waals surface area contributed by atoms with Gasteiger partial charge in [0.15, 0.2) is 0 Å². The van der Waals surface area contributed by atoms with Crippen LogP contribution >= 0.6 is 0 Å². The summed E-state index contributed by atoms with van der Waals surface area (Å²) in [7, 11) is 2.03. The Hall–Kier alpha value is -1.06. The Labute approximate surface area is 108 Å². The molecule has 0 radical (unpaired) electrons. The van der Waals surface area contributed by atoms with E-state index in [1.54, 1.807) is 0 Å². The molecule has 1 aromatic rings. The van der Waals surface area contributed by atoms with Gasteiger partial charge in [0, 0.05) is 18.6 Å². The molecular formula is C15H21NO2. The van der Waals surface area contributed by atoms with Crippen molar-refractivity contribution in [3.8, 4) is 5.75 Å². The molecule has 2 fully saturated rings. The van der Waals surface area contributed by atoms with Crippen LogP contribution in [-0.4, -0.2) is 26.4 Å². The molecule has 2 unspecified atom stereocenters. The van der Waals surface area contributed by atoms with E-state index in [0.717, 1.165) is 25.4 Å². The number of ether oxygens (including phenoxy) is 2. The molecule has 3 heteroatoms. The van der Waals surface area contributed by atoms with Gasteiger partial charge >= 0.3 is 0 Å². The van der Waals surface area contributed by atoms with Crippen LogP contribution in [0.15, 0.2) is 24.3 Å². The molecule has 18 heavy (non-hydrogen) atoms. The maximum Gasteiger partial charge on any atom is 0.119 e. The minimum atomic E-state index is 0.391. The zero-order chi connectivity index (χ0) is 12.4. The predicted molar refractivity (Wildman–Crippen MR) is 70.8 cm³/mol. The molecule has 1 N–H and O–H groups in total. The summed E-state index contributed by atoms with van der Waals surface area (Å²) in [6, 6.07) is 8.93. The lowest BCUT2D eigenvalue weighted by Gasteiger charge is -2.22. The van der Waals surface area contributed by atoms with E-state index in [1.165, 1.54) is 18.4 Å². The predicted octanol–water partition coefficient (Wildman–Crippen LogP) is 2.52. The second kappa shape index (κ2) is 5.29. The van der Waals surface area contributed by atoms with Gasteiger partial charge in [-0.2, -0.15) is 0 Å². The van der Waals surface area contributed by atoms with Crippen LogP contribution in [0.2, 0.25) is 0 Å². The Morgan fingerprint density at radius 2 is 2.00 bits per heavy atom. The van der Waals surface area contributed by atoms with Crippen LogP contribution in [0, 0.1) is 5.92 Å². The molecule has 2 atom stereocenters. The molecule has 1 saturated heterocycles. The summed E-state index contributed by atoms with van der Waals surface area (Å²) in [6.07, 6.45) is 4.03. The van der Waals surface area contributed by atoms with Gasteiger partial charge in [0.2, 0.25) is 0 Å². The Kier molecular flexibility index (Phi) is 3.52. The number of rotatable bonds is 5. The second-order valence-electron chi connectivity index (χ2n) is 5.28. The summed E-state index contributed by atoms with van der Waals surface area (Å²) in [4.78, 5) is 0. The molecule has 1 heterocycles. The van der Waals surface area contributed by atoms with Crippen LogP contribution in [0.25, 0.3) is 0 Å². The summed E-state index contributed by atoms with van der Waals surface area (Å²) in [5.74, 6) is 1.59. The first-order valence-corrected chi connectivity index (χ1v) is 6.88. The van der Waals surface area contributed by atoms with E-state index in [2.05, 4.69) is 29.6 Å². The molecule has 3 rings (SSSR count). The number of benzene rings is 1. The van der Waals surface area contributed by atoms with Crippen molar-refractivity contribution in [1.82, 2.24) is 5.32 Å². The highest BCUT2D eigenvalue weighted by molar-refractivity contribution is 5.30. The Morgan fingerprint density at radius 3 is 2.56 bits per heavy atom. The molecule has 1 aromatic carbocycles. The normalized spacial score (nSPS) is 25.1. The largest absolute Gasteiger partial charge is 0.490 e. The average molecular weight is 247 g/mol. The average Bonchev–Trinajstić information content (AvgIpc) is 3.05. The fourth-order valence-electron chi connectivity index (χ4n) is 2.62. The summed E-state index contributed by atoms with van der Waals surface area (Å²) in [5.41, 5.74) is 1.33. The van der Waals surface area contributed by atoms with E-state index in [1.807, 2.05) is 7.05 Å². The molecule has 3 nitrogen and oxygen atoms in total. The number of nitrogens with one attached hydrogen (secondary N) is 1. The van der Waals surface area contributed by atoms with Gasteiger partial charge in [-0.3, -0.25) is 0 Å². The number of hydrogen-bond acceptors (Lipinski definition) is 3. The van der Waals surface area contributed by atoms with Crippen LogP contribution in [0.4, 0.5) is 0 Å². The van der Waals surface area contributed by atoms with Gasteiger partial charge in [0.05, 0.1) is 12.7 Å². The standard InChI is InChI=1S/C15H21NO2/c1-16-15(12-8-9-17-10-12)11-2-4-13(5-3-11)18-14-6-7-14/h2-5,12,14-16H,6-10H2,1H3. The molecule has 98 valence electrons. The SMILES string of the molecule is CNC(c1ccc(OC2CC2)cc1)C1CCOC1. The lowest BCUT2D eigenvalue weighted by molar-refractivity contribution is 0.178. The third-order valence-electron chi connectivity index (χ3n) is 3.81. The molecule has 1 aliphatic carbocycles. The lowest BCUT2D eigenvalue weighted by atomic mass is 9.92. The smallest absolute Gasteiger partial charge is 0.119 e. The highest BCUT2D eigenvalue weighted by Crippen LogP contribution is 2.31. The van der Waals surface area contributed by atoms with Gasteiger partial charge in [0.25, 0.3) is 0 Å².